The minimum absolute atomic E-state index is 0.0444. The highest BCUT2D eigenvalue weighted by Gasteiger charge is 2.32. The fraction of sp³-hybridized carbons (Fsp3) is 0.345. The van der Waals surface area contributed by atoms with Crippen molar-refractivity contribution in [1.29, 1.82) is 0 Å². The molecule has 2 aromatic carbocycles. The molecule has 2 aliphatic heterocycles. The van der Waals surface area contributed by atoms with E-state index in [4.69, 9.17) is 11.6 Å². The van der Waals surface area contributed by atoms with Crippen LogP contribution >= 0.6 is 11.6 Å². The maximum atomic E-state index is 13.7. The Morgan fingerprint density at radius 2 is 1.70 bits per heavy atom. The van der Waals surface area contributed by atoms with Gasteiger partial charge in [0.25, 0.3) is 0 Å². The first-order valence-corrected chi connectivity index (χ1v) is 13.2. The molecule has 2 atom stereocenters. The summed E-state index contributed by atoms with van der Waals surface area (Å²) >= 11 is 6.07. The molecule has 2 amide bonds. The third-order valence-corrected chi connectivity index (χ3v) is 7.41. The summed E-state index contributed by atoms with van der Waals surface area (Å²) in [6.45, 7) is 4.18. The van der Waals surface area contributed by atoms with E-state index in [-0.39, 0.29) is 17.9 Å². The lowest BCUT2D eigenvalue weighted by molar-refractivity contribution is -0.138. The molecule has 1 saturated heterocycles. The molecule has 1 aromatic heterocycles. The first-order valence-electron chi connectivity index (χ1n) is 12.8. The molecule has 8 heteroatoms. The Morgan fingerprint density at radius 1 is 0.973 bits per heavy atom. The van der Waals surface area contributed by atoms with Gasteiger partial charge in [0.1, 0.15) is 6.04 Å². The molecule has 0 saturated carbocycles. The number of rotatable bonds is 7. The number of nitrogens with one attached hydrogen (secondary N) is 2. The number of halogens is 1. The Kier molecular flexibility index (Phi) is 8.14. The molecule has 3 heterocycles. The lowest BCUT2D eigenvalue weighted by atomic mass is 9.95. The Hall–Kier alpha value is -3.26. The monoisotopic (exact) mass is 517 g/mol. The second-order valence-corrected chi connectivity index (χ2v) is 10.2. The van der Waals surface area contributed by atoms with Gasteiger partial charge in [0.15, 0.2) is 0 Å². The highest BCUT2D eigenvalue weighted by atomic mass is 35.5. The molecular formula is C29H32ClN5O2. The van der Waals surface area contributed by atoms with Crippen molar-refractivity contribution in [2.45, 2.75) is 38.0 Å². The molecule has 0 spiro atoms. The third-order valence-electron chi connectivity index (χ3n) is 7.16. The molecule has 2 N–H and O–H groups in total. The second kappa shape index (κ2) is 11.9. The van der Waals surface area contributed by atoms with Gasteiger partial charge >= 0.3 is 0 Å². The van der Waals surface area contributed by atoms with Crippen molar-refractivity contribution < 1.29 is 9.59 Å². The smallest absolute Gasteiger partial charge is 0.245 e. The first kappa shape index (κ1) is 25.4. The second-order valence-electron chi connectivity index (χ2n) is 9.72. The number of pyridine rings is 1. The number of carbonyl (C=O) groups excluding carboxylic acids is 2. The van der Waals surface area contributed by atoms with Crippen molar-refractivity contribution in [3.8, 4) is 0 Å². The van der Waals surface area contributed by atoms with E-state index in [0.29, 0.717) is 37.5 Å². The summed E-state index contributed by atoms with van der Waals surface area (Å²) in [6.07, 6.45) is 2.83. The van der Waals surface area contributed by atoms with Crippen LogP contribution < -0.4 is 10.6 Å². The van der Waals surface area contributed by atoms with Crippen LogP contribution in [0, 0.1) is 0 Å². The lowest BCUT2D eigenvalue weighted by Crippen LogP contribution is -2.58. The largest absolute Gasteiger partial charge is 0.343 e. The van der Waals surface area contributed by atoms with E-state index in [2.05, 4.69) is 32.7 Å². The molecule has 2 aliphatic rings. The summed E-state index contributed by atoms with van der Waals surface area (Å²) in [6, 6.07) is 20.5. The Morgan fingerprint density at radius 3 is 2.43 bits per heavy atom. The molecule has 0 bridgehead atoms. The molecule has 5 rings (SSSR count). The van der Waals surface area contributed by atoms with Crippen LogP contribution in [-0.4, -0.2) is 64.9 Å². The Bertz CT molecular complexity index is 1210. The van der Waals surface area contributed by atoms with Gasteiger partial charge in [-0.05, 0) is 47.4 Å². The van der Waals surface area contributed by atoms with Gasteiger partial charge in [0, 0.05) is 56.9 Å². The zero-order chi connectivity index (χ0) is 25.6. The van der Waals surface area contributed by atoms with Crippen molar-refractivity contribution in [2.24, 2.45) is 0 Å². The van der Waals surface area contributed by atoms with Gasteiger partial charge in [-0.15, -0.1) is 0 Å². The van der Waals surface area contributed by atoms with E-state index in [1.54, 1.807) is 6.20 Å². The van der Waals surface area contributed by atoms with E-state index in [9.17, 15) is 9.59 Å². The highest BCUT2D eigenvalue weighted by molar-refractivity contribution is 6.30. The minimum atomic E-state index is -0.644. The predicted octanol–water partition coefficient (Wildman–Crippen LogP) is 2.82. The average molecular weight is 518 g/mol. The Labute approximate surface area is 222 Å². The van der Waals surface area contributed by atoms with Crippen LogP contribution in [0.25, 0.3) is 0 Å². The summed E-state index contributed by atoms with van der Waals surface area (Å²) in [5, 5.41) is 7.06. The lowest BCUT2D eigenvalue weighted by Gasteiger charge is -2.37. The zero-order valence-electron chi connectivity index (χ0n) is 20.8. The first-order chi connectivity index (χ1) is 18.0. The molecule has 1 fully saturated rings. The SMILES string of the molecule is O=C(N[C@H](Cc1ccc(Cl)cc1)C(=O)N1CCN(Cc2ccccn2)CC1)C1Cc2ccccc2CN1. The molecule has 192 valence electrons. The van der Waals surface area contributed by atoms with Gasteiger partial charge in [-0.3, -0.25) is 19.5 Å². The summed E-state index contributed by atoms with van der Waals surface area (Å²) < 4.78 is 0. The number of hydrogen-bond acceptors (Lipinski definition) is 5. The zero-order valence-corrected chi connectivity index (χ0v) is 21.5. The normalized spacial score (nSPS) is 18.6. The quantitative estimate of drug-likeness (QED) is 0.504. The molecule has 0 radical (unpaired) electrons. The van der Waals surface area contributed by atoms with Crippen molar-refractivity contribution in [2.75, 3.05) is 26.2 Å². The van der Waals surface area contributed by atoms with E-state index in [1.165, 1.54) is 11.1 Å². The number of amides is 2. The van der Waals surface area contributed by atoms with Gasteiger partial charge in [-0.25, -0.2) is 0 Å². The van der Waals surface area contributed by atoms with Crippen LogP contribution in [0.3, 0.4) is 0 Å². The fourth-order valence-corrected chi connectivity index (χ4v) is 5.16. The van der Waals surface area contributed by atoms with Gasteiger partial charge < -0.3 is 15.5 Å². The molecule has 37 heavy (non-hydrogen) atoms. The molecule has 7 nitrogen and oxygen atoms in total. The van der Waals surface area contributed by atoms with E-state index in [1.807, 2.05) is 59.5 Å². The van der Waals surface area contributed by atoms with E-state index in [0.717, 1.165) is 30.9 Å². The van der Waals surface area contributed by atoms with Gasteiger partial charge in [0.2, 0.25) is 11.8 Å². The summed E-state index contributed by atoms with van der Waals surface area (Å²) in [5.41, 5.74) is 4.37. The highest BCUT2D eigenvalue weighted by Crippen LogP contribution is 2.18. The number of benzene rings is 2. The summed E-state index contributed by atoms with van der Waals surface area (Å²) in [4.78, 5) is 35.6. The van der Waals surface area contributed by atoms with Crippen molar-refractivity contribution in [3.05, 3.63) is 100 Å². The average Bonchev–Trinajstić information content (AvgIpc) is 2.94. The van der Waals surface area contributed by atoms with Crippen molar-refractivity contribution in [3.63, 3.8) is 0 Å². The topological polar surface area (TPSA) is 77.6 Å². The number of carbonyl (C=O) groups is 2. The number of aromatic nitrogens is 1. The van der Waals surface area contributed by atoms with Crippen LogP contribution in [0.15, 0.2) is 72.9 Å². The maximum Gasteiger partial charge on any atom is 0.245 e. The number of fused-ring (bicyclic) bond motifs is 1. The Balaban J connectivity index is 1.24. The van der Waals surface area contributed by atoms with E-state index >= 15 is 0 Å². The van der Waals surface area contributed by atoms with Crippen LogP contribution in [0.1, 0.15) is 22.4 Å². The van der Waals surface area contributed by atoms with Crippen molar-refractivity contribution in [1.82, 2.24) is 25.4 Å². The number of piperazine rings is 1. The molecule has 1 unspecified atom stereocenters. The third kappa shape index (κ3) is 6.55. The molecular weight excluding hydrogens is 486 g/mol. The van der Waals surface area contributed by atoms with Crippen LogP contribution in [-0.2, 0) is 35.5 Å². The molecule has 0 aliphatic carbocycles. The summed E-state index contributed by atoms with van der Waals surface area (Å²) in [7, 11) is 0. The van der Waals surface area contributed by atoms with Gasteiger partial charge in [-0.2, -0.15) is 0 Å². The van der Waals surface area contributed by atoms with Gasteiger partial charge in [0.05, 0.1) is 11.7 Å². The summed E-state index contributed by atoms with van der Waals surface area (Å²) in [5.74, 6) is -0.187. The van der Waals surface area contributed by atoms with Crippen LogP contribution in [0.4, 0.5) is 0 Å². The van der Waals surface area contributed by atoms with E-state index < -0.39 is 6.04 Å². The molecule has 3 aromatic rings. The van der Waals surface area contributed by atoms with Crippen molar-refractivity contribution >= 4 is 23.4 Å². The van der Waals surface area contributed by atoms with Crippen LogP contribution in [0.5, 0.6) is 0 Å². The minimum Gasteiger partial charge on any atom is -0.343 e. The maximum absolute atomic E-state index is 13.7. The number of hydrogen-bond donors (Lipinski definition) is 2. The fourth-order valence-electron chi connectivity index (χ4n) is 5.04. The number of nitrogens with zero attached hydrogens (tertiary/aromatic N) is 3. The van der Waals surface area contributed by atoms with Crippen LogP contribution in [0.2, 0.25) is 5.02 Å². The predicted molar refractivity (Wildman–Crippen MR) is 144 cm³/mol. The standard InChI is InChI=1S/C29H32ClN5O2/c30-24-10-8-21(9-11-24)17-27(33-28(36)26-18-22-5-1-2-6-23(22)19-32-26)29(37)35-15-13-34(14-16-35)20-25-7-3-4-12-31-25/h1-12,26-27,32H,13-20H2,(H,33,36)/t26?,27-/m1/s1. The van der Waals surface area contributed by atoms with Gasteiger partial charge in [-0.1, -0.05) is 54.1 Å².